The number of rotatable bonds is 4. The molecule has 0 amide bonds. The zero-order chi connectivity index (χ0) is 13.9. The number of carbonyl (C=O) groups excluding carboxylic acids is 2. The van der Waals surface area contributed by atoms with Gasteiger partial charge in [-0.2, -0.15) is 13.2 Å². The van der Waals surface area contributed by atoms with Crippen LogP contribution >= 0.6 is 0 Å². The number of Topliss-reactive ketones (excluding diaryl/α,β-unsaturated/α-hetero) is 1. The van der Waals surface area contributed by atoms with Crippen LogP contribution < -0.4 is 4.74 Å². The van der Waals surface area contributed by atoms with Crippen molar-refractivity contribution in [3.8, 4) is 5.75 Å². The van der Waals surface area contributed by atoms with Gasteiger partial charge in [0, 0.05) is 5.56 Å². The van der Waals surface area contributed by atoms with Crippen molar-refractivity contribution < 1.29 is 27.5 Å². The second-order valence-electron chi connectivity index (χ2n) is 3.54. The topological polar surface area (TPSA) is 43.4 Å². The summed E-state index contributed by atoms with van der Waals surface area (Å²) in [4.78, 5) is 22.2. The van der Waals surface area contributed by atoms with E-state index < -0.39 is 17.5 Å². The van der Waals surface area contributed by atoms with Crippen LogP contribution in [0.3, 0.4) is 0 Å². The molecule has 3 nitrogen and oxygen atoms in total. The van der Waals surface area contributed by atoms with E-state index in [1.165, 1.54) is 0 Å². The molecule has 0 heterocycles. The first-order valence-electron chi connectivity index (χ1n) is 5.15. The number of alkyl halides is 3. The molecule has 0 saturated heterocycles. The summed E-state index contributed by atoms with van der Waals surface area (Å²) in [5.74, 6) is -0.740. The van der Waals surface area contributed by atoms with E-state index in [1.807, 2.05) is 0 Å². The lowest BCUT2D eigenvalue weighted by Gasteiger charge is -2.14. The van der Waals surface area contributed by atoms with E-state index in [-0.39, 0.29) is 29.8 Å². The lowest BCUT2D eigenvalue weighted by Crippen LogP contribution is -2.11. The smallest absolute Gasteiger partial charge is 0.416 e. The molecule has 0 unspecified atom stereocenters. The molecule has 6 heteroatoms. The van der Waals surface area contributed by atoms with Crippen LogP contribution in [0.5, 0.6) is 5.75 Å². The highest BCUT2D eigenvalue weighted by molar-refractivity contribution is 6.04. The summed E-state index contributed by atoms with van der Waals surface area (Å²) in [6.07, 6.45) is -4.38. The number of aldehydes is 1. The van der Waals surface area contributed by atoms with E-state index in [4.69, 9.17) is 4.74 Å². The Morgan fingerprint density at radius 3 is 2.39 bits per heavy atom. The third-order valence-electron chi connectivity index (χ3n) is 2.24. The number of halogens is 3. The Morgan fingerprint density at radius 2 is 2.00 bits per heavy atom. The monoisotopic (exact) mass is 260 g/mol. The van der Waals surface area contributed by atoms with Gasteiger partial charge in [-0.15, -0.1) is 0 Å². The lowest BCUT2D eigenvalue weighted by atomic mass is 10.0. The maximum absolute atomic E-state index is 12.6. The molecule has 0 radical (unpaired) electrons. The largest absolute Gasteiger partial charge is 0.493 e. The Labute approximate surface area is 102 Å². The molecule has 0 aliphatic carbocycles. The van der Waals surface area contributed by atoms with E-state index in [0.717, 1.165) is 13.0 Å². The van der Waals surface area contributed by atoms with Crippen molar-refractivity contribution in [2.75, 3.05) is 6.61 Å². The molecule has 1 aromatic rings. The average molecular weight is 260 g/mol. The van der Waals surface area contributed by atoms with Gasteiger partial charge in [0.25, 0.3) is 0 Å². The number of ether oxygens (including phenoxy) is 1. The molecule has 0 fully saturated rings. The zero-order valence-corrected chi connectivity index (χ0v) is 9.80. The van der Waals surface area contributed by atoms with Gasteiger partial charge in [0.2, 0.25) is 0 Å². The third-order valence-corrected chi connectivity index (χ3v) is 2.24. The van der Waals surface area contributed by atoms with Gasteiger partial charge in [-0.05, 0) is 26.0 Å². The molecule has 0 atom stereocenters. The van der Waals surface area contributed by atoms with Crippen molar-refractivity contribution in [2.45, 2.75) is 20.0 Å². The minimum Gasteiger partial charge on any atom is -0.493 e. The number of carbonyl (C=O) groups is 2. The van der Waals surface area contributed by atoms with Gasteiger partial charge >= 0.3 is 6.18 Å². The number of hydrogen-bond donors (Lipinski definition) is 0. The fourth-order valence-corrected chi connectivity index (χ4v) is 1.54. The summed E-state index contributed by atoms with van der Waals surface area (Å²) in [5, 5.41) is 0. The Bertz CT molecular complexity index is 478. The SMILES string of the molecule is CCOc1cc(C(F)(F)F)cc(C=O)c1C(C)=O. The molecular weight excluding hydrogens is 249 g/mol. The standard InChI is InChI=1S/C12H11F3O3/c1-3-18-10-5-9(12(13,14)15)4-8(6-16)11(10)7(2)17/h4-6H,3H2,1-2H3. The van der Waals surface area contributed by atoms with Crippen LogP contribution in [0, 0.1) is 0 Å². The maximum Gasteiger partial charge on any atom is 0.416 e. The van der Waals surface area contributed by atoms with Crippen molar-refractivity contribution in [2.24, 2.45) is 0 Å². The first-order valence-corrected chi connectivity index (χ1v) is 5.15. The average Bonchev–Trinajstić information content (AvgIpc) is 2.26. The molecule has 0 bridgehead atoms. The van der Waals surface area contributed by atoms with E-state index in [1.54, 1.807) is 6.92 Å². The fourth-order valence-electron chi connectivity index (χ4n) is 1.54. The molecule has 98 valence electrons. The first kappa shape index (κ1) is 14.2. The molecule has 18 heavy (non-hydrogen) atoms. The van der Waals surface area contributed by atoms with Gasteiger partial charge in [-0.3, -0.25) is 9.59 Å². The molecule has 0 aliphatic rings. The Kier molecular flexibility index (Phi) is 4.11. The Morgan fingerprint density at radius 1 is 1.39 bits per heavy atom. The van der Waals surface area contributed by atoms with Crippen molar-refractivity contribution in [3.63, 3.8) is 0 Å². The molecule has 1 rings (SSSR count). The summed E-state index contributed by atoms with van der Waals surface area (Å²) in [6.45, 7) is 2.84. The van der Waals surface area contributed by atoms with Gasteiger partial charge in [-0.1, -0.05) is 0 Å². The van der Waals surface area contributed by atoms with Gasteiger partial charge < -0.3 is 4.74 Å². The van der Waals surface area contributed by atoms with Crippen LogP contribution in [0.1, 0.15) is 40.1 Å². The maximum atomic E-state index is 12.6. The summed E-state index contributed by atoms with van der Waals surface area (Å²) < 4.78 is 42.8. The van der Waals surface area contributed by atoms with Crippen LogP contribution in [-0.4, -0.2) is 18.7 Å². The van der Waals surface area contributed by atoms with Gasteiger partial charge in [0.05, 0.1) is 17.7 Å². The highest BCUT2D eigenvalue weighted by Gasteiger charge is 2.33. The van der Waals surface area contributed by atoms with Crippen molar-refractivity contribution in [1.82, 2.24) is 0 Å². The lowest BCUT2D eigenvalue weighted by molar-refractivity contribution is -0.137. The fraction of sp³-hybridized carbons (Fsp3) is 0.333. The first-order chi connectivity index (χ1) is 8.31. The van der Waals surface area contributed by atoms with Crippen molar-refractivity contribution in [3.05, 3.63) is 28.8 Å². The highest BCUT2D eigenvalue weighted by Crippen LogP contribution is 2.35. The van der Waals surface area contributed by atoms with Crippen LogP contribution in [0.25, 0.3) is 0 Å². The van der Waals surface area contributed by atoms with Crippen molar-refractivity contribution in [1.29, 1.82) is 0 Å². The zero-order valence-electron chi connectivity index (χ0n) is 9.80. The van der Waals surface area contributed by atoms with E-state index in [0.29, 0.717) is 6.07 Å². The molecule has 0 N–H and O–H groups in total. The minimum absolute atomic E-state index is 0.0971. The predicted octanol–water partition coefficient (Wildman–Crippen LogP) is 3.12. The Hall–Kier alpha value is -1.85. The number of benzene rings is 1. The Balaban J connectivity index is 3.53. The van der Waals surface area contributed by atoms with E-state index >= 15 is 0 Å². The van der Waals surface area contributed by atoms with E-state index in [9.17, 15) is 22.8 Å². The number of hydrogen-bond acceptors (Lipinski definition) is 3. The van der Waals surface area contributed by atoms with Gasteiger partial charge in [0.1, 0.15) is 5.75 Å². The molecule has 1 aromatic carbocycles. The summed E-state index contributed by atoms with van der Waals surface area (Å²) >= 11 is 0. The van der Waals surface area contributed by atoms with E-state index in [2.05, 4.69) is 0 Å². The van der Waals surface area contributed by atoms with Gasteiger partial charge in [0.15, 0.2) is 12.1 Å². The normalized spacial score (nSPS) is 11.2. The molecule has 0 saturated carbocycles. The van der Waals surface area contributed by atoms with Crippen molar-refractivity contribution >= 4 is 12.1 Å². The highest BCUT2D eigenvalue weighted by atomic mass is 19.4. The van der Waals surface area contributed by atoms with Crippen LogP contribution in [0.15, 0.2) is 12.1 Å². The minimum atomic E-state index is -4.60. The molecule has 0 aromatic heterocycles. The predicted molar refractivity (Wildman–Crippen MR) is 58.0 cm³/mol. The van der Waals surface area contributed by atoms with Crippen LogP contribution in [-0.2, 0) is 6.18 Å². The second kappa shape index (κ2) is 5.20. The summed E-state index contributed by atoms with van der Waals surface area (Å²) in [7, 11) is 0. The quantitative estimate of drug-likeness (QED) is 0.617. The van der Waals surface area contributed by atoms with Gasteiger partial charge in [-0.25, -0.2) is 0 Å². The summed E-state index contributed by atoms with van der Waals surface area (Å²) in [6, 6.07) is 1.37. The second-order valence-corrected chi connectivity index (χ2v) is 3.54. The molecule has 0 aliphatic heterocycles. The van der Waals surface area contributed by atoms with Crippen LogP contribution in [0.2, 0.25) is 0 Å². The summed E-state index contributed by atoms with van der Waals surface area (Å²) in [5.41, 5.74) is -1.46. The molecular formula is C12H11F3O3. The van der Waals surface area contributed by atoms with Crippen LogP contribution in [0.4, 0.5) is 13.2 Å². The molecule has 0 spiro atoms. The third kappa shape index (κ3) is 2.88. The number of ketones is 1.